The molecule has 3 aromatic rings. The van der Waals surface area contributed by atoms with Gasteiger partial charge in [-0.2, -0.15) is 0 Å². The van der Waals surface area contributed by atoms with Crippen LogP contribution in [0.1, 0.15) is 29.9 Å². The molecule has 174 valence electrons. The summed E-state index contributed by atoms with van der Waals surface area (Å²) in [7, 11) is 0. The summed E-state index contributed by atoms with van der Waals surface area (Å²) in [6.45, 7) is 1.74. The van der Waals surface area contributed by atoms with Crippen LogP contribution in [0, 0.1) is 0 Å². The van der Waals surface area contributed by atoms with E-state index in [1.165, 1.54) is 0 Å². The van der Waals surface area contributed by atoms with E-state index in [1.54, 1.807) is 4.90 Å². The van der Waals surface area contributed by atoms with Crippen LogP contribution in [0.5, 0.6) is 5.75 Å². The van der Waals surface area contributed by atoms with Crippen molar-refractivity contribution in [3.8, 4) is 5.75 Å². The lowest BCUT2D eigenvalue weighted by Gasteiger charge is -2.31. The molecule has 0 aliphatic carbocycles. The van der Waals surface area contributed by atoms with Gasteiger partial charge >= 0.3 is 5.97 Å². The first kappa shape index (κ1) is 22.0. The summed E-state index contributed by atoms with van der Waals surface area (Å²) < 4.78 is 5.90. The van der Waals surface area contributed by atoms with Crippen molar-refractivity contribution in [2.24, 2.45) is 0 Å². The highest BCUT2D eigenvalue weighted by molar-refractivity contribution is 5.91. The van der Waals surface area contributed by atoms with Gasteiger partial charge in [0.2, 0.25) is 5.91 Å². The van der Waals surface area contributed by atoms with Crippen molar-refractivity contribution >= 4 is 17.6 Å². The number of amides is 1. The number of benzene rings is 3. The molecule has 6 nitrogen and oxygen atoms in total. The molecule has 0 spiro atoms. The van der Waals surface area contributed by atoms with Crippen molar-refractivity contribution in [3.05, 3.63) is 96.1 Å². The zero-order valence-electron chi connectivity index (χ0n) is 18.9. The molecule has 1 fully saturated rings. The van der Waals surface area contributed by atoms with Crippen LogP contribution in [0.2, 0.25) is 0 Å². The summed E-state index contributed by atoms with van der Waals surface area (Å²) in [5, 5.41) is 10.1. The van der Waals surface area contributed by atoms with Gasteiger partial charge in [-0.3, -0.25) is 4.79 Å². The first-order valence-corrected chi connectivity index (χ1v) is 11.7. The van der Waals surface area contributed by atoms with Crippen LogP contribution in [0.3, 0.4) is 0 Å². The molecule has 1 amide bonds. The number of hydrogen-bond donors (Lipinski definition) is 1. The van der Waals surface area contributed by atoms with Gasteiger partial charge < -0.3 is 19.6 Å². The third kappa shape index (κ3) is 4.23. The largest absolute Gasteiger partial charge is 0.491 e. The Balaban J connectivity index is 1.49. The highest BCUT2D eigenvalue weighted by Crippen LogP contribution is 2.37. The summed E-state index contributed by atoms with van der Waals surface area (Å²) in [6, 6.07) is 26.1. The van der Waals surface area contributed by atoms with E-state index < -0.39 is 17.9 Å². The maximum absolute atomic E-state index is 14.0. The van der Waals surface area contributed by atoms with Crippen LogP contribution < -0.4 is 9.64 Å². The average molecular weight is 457 g/mol. The van der Waals surface area contributed by atoms with Crippen LogP contribution in [0.15, 0.2) is 84.9 Å². The molecule has 0 aromatic heterocycles. The van der Waals surface area contributed by atoms with E-state index in [9.17, 15) is 14.7 Å². The van der Waals surface area contributed by atoms with E-state index in [2.05, 4.69) is 4.90 Å². The second kappa shape index (κ2) is 9.59. The number of fused-ring (bicyclic) bond motifs is 1. The summed E-state index contributed by atoms with van der Waals surface area (Å²) >= 11 is 0. The third-order valence-corrected chi connectivity index (χ3v) is 6.78. The monoisotopic (exact) mass is 456 g/mol. The molecule has 6 heteroatoms. The normalized spacial score (nSPS) is 19.9. The first-order valence-electron chi connectivity index (χ1n) is 11.7. The number of aliphatic carboxylic acids is 1. The molecule has 0 unspecified atom stereocenters. The Morgan fingerprint density at radius 2 is 1.50 bits per heavy atom. The van der Waals surface area contributed by atoms with Crippen molar-refractivity contribution in [1.29, 1.82) is 0 Å². The van der Waals surface area contributed by atoms with Crippen LogP contribution >= 0.6 is 0 Å². The molecule has 5 rings (SSSR count). The van der Waals surface area contributed by atoms with Gasteiger partial charge in [-0.15, -0.1) is 0 Å². The molecule has 34 heavy (non-hydrogen) atoms. The predicted octanol–water partition coefficient (Wildman–Crippen LogP) is 4.16. The summed E-state index contributed by atoms with van der Waals surface area (Å²) in [5.41, 5.74) is 2.69. The molecule has 1 saturated heterocycles. The fourth-order valence-electron chi connectivity index (χ4n) is 5.18. The summed E-state index contributed by atoms with van der Waals surface area (Å²) in [6.07, 6.45) is 1.22. The fourth-order valence-corrected chi connectivity index (χ4v) is 5.18. The second-order valence-electron chi connectivity index (χ2n) is 8.85. The molecule has 2 aliphatic rings. The van der Waals surface area contributed by atoms with Crippen molar-refractivity contribution < 1.29 is 19.4 Å². The standard InChI is InChI=1S/C28H28N2O4/c31-27(26(20-10-3-1-4-11-20)21-12-5-2-6-13-21)30-19-22(18-24(30)28(32)33)29-16-9-17-34-25-15-8-7-14-23(25)29/h1-8,10-15,22,24,26H,9,16-19H2,(H,32,33)/t22-,24+/m1/s1. The molecule has 2 aliphatic heterocycles. The van der Waals surface area contributed by atoms with Crippen LogP contribution in [-0.2, 0) is 9.59 Å². The first-order chi connectivity index (χ1) is 16.6. The number of carbonyl (C=O) groups is 2. The molecule has 0 saturated carbocycles. The van der Waals surface area contributed by atoms with Gasteiger partial charge in [0.05, 0.1) is 18.2 Å². The van der Waals surface area contributed by atoms with Gasteiger partial charge in [0.25, 0.3) is 0 Å². The van der Waals surface area contributed by atoms with Crippen molar-refractivity contribution in [2.75, 3.05) is 24.6 Å². The maximum Gasteiger partial charge on any atom is 0.326 e. The van der Waals surface area contributed by atoms with Crippen molar-refractivity contribution in [2.45, 2.75) is 30.8 Å². The Labute approximate surface area is 199 Å². The van der Waals surface area contributed by atoms with Crippen molar-refractivity contribution in [1.82, 2.24) is 4.90 Å². The number of rotatable bonds is 5. The molecule has 2 heterocycles. The minimum atomic E-state index is -0.963. The van der Waals surface area contributed by atoms with E-state index >= 15 is 0 Å². The Morgan fingerprint density at radius 1 is 0.882 bits per heavy atom. The summed E-state index contributed by atoms with van der Waals surface area (Å²) in [5.74, 6) is -0.882. The van der Waals surface area contributed by atoms with Gasteiger partial charge in [0.15, 0.2) is 0 Å². The number of anilines is 1. The molecule has 2 atom stereocenters. The molecular weight excluding hydrogens is 428 g/mol. The number of ether oxygens (including phenoxy) is 1. The van der Waals surface area contributed by atoms with E-state index in [4.69, 9.17) is 4.74 Å². The van der Waals surface area contributed by atoms with Crippen LogP contribution in [0.4, 0.5) is 5.69 Å². The lowest BCUT2D eigenvalue weighted by molar-refractivity contribution is -0.148. The smallest absolute Gasteiger partial charge is 0.326 e. The van der Waals surface area contributed by atoms with Gasteiger partial charge in [-0.05, 0) is 29.7 Å². The van der Waals surface area contributed by atoms with E-state index in [1.807, 2.05) is 84.9 Å². The highest BCUT2D eigenvalue weighted by Gasteiger charge is 2.44. The predicted molar refractivity (Wildman–Crippen MR) is 130 cm³/mol. The minimum absolute atomic E-state index is 0.0971. The topological polar surface area (TPSA) is 70.1 Å². The number of likely N-dealkylation sites (tertiary alicyclic amines) is 1. The Hall–Kier alpha value is -3.80. The lowest BCUT2D eigenvalue weighted by atomic mass is 9.90. The van der Waals surface area contributed by atoms with Gasteiger partial charge in [0.1, 0.15) is 11.8 Å². The average Bonchev–Trinajstić information content (AvgIpc) is 3.21. The zero-order chi connectivity index (χ0) is 23.5. The van der Waals surface area contributed by atoms with Gasteiger partial charge in [-0.25, -0.2) is 4.79 Å². The molecule has 3 aromatic carbocycles. The lowest BCUT2D eigenvalue weighted by Crippen LogP contribution is -2.44. The zero-order valence-corrected chi connectivity index (χ0v) is 18.9. The van der Waals surface area contributed by atoms with Gasteiger partial charge in [0, 0.05) is 25.6 Å². The third-order valence-electron chi connectivity index (χ3n) is 6.78. The highest BCUT2D eigenvalue weighted by atomic mass is 16.5. The quantitative estimate of drug-likeness (QED) is 0.624. The Kier molecular flexibility index (Phi) is 6.21. The van der Waals surface area contributed by atoms with Crippen molar-refractivity contribution in [3.63, 3.8) is 0 Å². The molecule has 0 radical (unpaired) electrons. The molecular formula is C28H28N2O4. The van der Waals surface area contributed by atoms with E-state index in [-0.39, 0.29) is 11.9 Å². The van der Waals surface area contributed by atoms with Gasteiger partial charge in [-0.1, -0.05) is 72.8 Å². The Morgan fingerprint density at radius 3 is 2.15 bits per heavy atom. The molecule has 0 bridgehead atoms. The maximum atomic E-state index is 14.0. The number of carboxylic acid groups (broad SMARTS) is 1. The second-order valence-corrected chi connectivity index (χ2v) is 8.85. The number of nitrogens with zero attached hydrogens (tertiary/aromatic N) is 2. The minimum Gasteiger partial charge on any atom is -0.491 e. The number of para-hydroxylation sites is 2. The number of carbonyl (C=O) groups excluding carboxylic acids is 1. The summed E-state index contributed by atoms with van der Waals surface area (Å²) in [4.78, 5) is 30.1. The van der Waals surface area contributed by atoms with Crippen LogP contribution in [0.25, 0.3) is 0 Å². The number of hydrogen-bond acceptors (Lipinski definition) is 4. The number of carboxylic acids is 1. The fraction of sp³-hybridized carbons (Fsp3) is 0.286. The molecule has 1 N–H and O–H groups in total. The van der Waals surface area contributed by atoms with E-state index in [0.717, 1.165) is 35.5 Å². The Bertz CT molecular complexity index is 1110. The van der Waals surface area contributed by atoms with E-state index in [0.29, 0.717) is 19.6 Å². The SMILES string of the molecule is O=C(O)[C@@H]1C[C@@H](N2CCCOc3ccccc32)CN1C(=O)C(c1ccccc1)c1ccccc1. The van der Waals surface area contributed by atoms with Crippen LogP contribution in [-0.4, -0.2) is 53.7 Å².